The number of aryl methyl sites for hydroxylation is 1. The molecule has 0 saturated heterocycles. The van der Waals surface area contributed by atoms with Gasteiger partial charge in [0.1, 0.15) is 16.7 Å². The molecule has 0 atom stereocenters. The van der Waals surface area contributed by atoms with Gasteiger partial charge < -0.3 is 9.47 Å². The molecule has 0 bridgehead atoms. The molecule has 19 heavy (non-hydrogen) atoms. The van der Waals surface area contributed by atoms with Gasteiger partial charge in [-0.3, -0.25) is 0 Å². The van der Waals surface area contributed by atoms with Crippen molar-refractivity contribution in [2.24, 2.45) is 0 Å². The number of methoxy groups -OCH3 is 2. The van der Waals surface area contributed by atoms with Gasteiger partial charge in [0, 0.05) is 6.07 Å². The minimum Gasteiger partial charge on any atom is -0.497 e. The number of halogens is 2. The van der Waals surface area contributed by atoms with E-state index in [1.807, 2.05) is 19.1 Å². The first kappa shape index (κ1) is 14.1. The van der Waals surface area contributed by atoms with Gasteiger partial charge in [-0.1, -0.05) is 11.6 Å². The zero-order valence-corrected chi connectivity index (χ0v) is 13.0. The number of hydrogen-bond acceptors (Lipinski definition) is 4. The van der Waals surface area contributed by atoms with Crippen LogP contribution in [0.2, 0.25) is 5.15 Å². The van der Waals surface area contributed by atoms with Gasteiger partial charge in [0.05, 0.1) is 29.9 Å². The zero-order valence-electron chi connectivity index (χ0n) is 10.7. The van der Waals surface area contributed by atoms with Crippen molar-refractivity contribution in [3.8, 4) is 22.9 Å². The molecule has 1 aromatic carbocycles. The first-order chi connectivity index (χ1) is 9.06. The third-order valence-corrected chi connectivity index (χ3v) is 4.08. The first-order valence-corrected chi connectivity index (χ1v) is 6.66. The Labute approximate surface area is 124 Å². The number of rotatable bonds is 3. The summed E-state index contributed by atoms with van der Waals surface area (Å²) in [4.78, 5) is 8.66. The lowest BCUT2D eigenvalue weighted by atomic mass is 10.1. The number of ether oxygens (including phenoxy) is 2. The fraction of sp³-hybridized carbons (Fsp3) is 0.231. The van der Waals surface area contributed by atoms with Gasteiger partial charge in [-0.15, -0.1) is 0 Å². The zero-order chi connectivity index (χ0) is 14.0. The number of aromatic nitrogens is 2. The van der Waals surface area contributed by atoms with E-state index in [9.17, 15) is 0 Å². The van der Waals surface area contributed by atoms with E-state index in [0.717, 1.165) is 11.3 Å². The molecule has 0 radical (unpaired) electrons. The van der Waals surface area contributed by atoms with Crippen molar-refractivity contribution in [2.75, 3.05) is 14.2 Å². The minimum absolute atomic E-state index is 0.375. The quantitative estimate of drug-likeness (QED) is 0.793. The summed E-state index contributed by atoms with van der Waals surface area (Å²) in [6, 6.07) is 5.45. The van der Waals surface area contributed by atoms with E-state index in [2.05, 4.69) is 25.9 Å². The lowest BCUT2D eigenvalue weighted by molar-refractivity contribution is 0.395. The van der Waals surface area contributed by atoms with Gasteiger partial charge in [0.15, 0.2) is 5.82 Å². The second-order valence-corrected chi connectivity index (χ2v) is 4.95. The molecule has 6 heteroatoms. The molecule has 0 unspecified atom stereocenters. The standard InChI is InChI=1S/C13H12BrClN2O2/c1-7-11(14)12(15)17-13(16-7)9-5-4-8(18-2)6-10(9)19-3/h4-6H,1-3H3. The molecule has 0 aliphatic carbocycles. The molecule has 0 fully saturated rings. The van der Waals surface area contributed by atoms with Crippen molar-refractivity contribution in [3.05, 3.63) is 33.5 Å². The van der Waals surface area contributed by atoms with Crippen molar-refractivity contribution in [3.63, 3.8) is 0 Å². The second kappa shape index (κ2) is 5.75. The summed E-state index contributed by atoms with van der Waals surface area (Å²) in [6.45, 7) is 1.86. The predicted molar refractivity (Wildman–Crippen MR) is 78.0 cm³/mol. The molecule has 0 N–H and O–H groups in total. The highest BCUT2D eigenvalue weighted by Gasteiger charge is 2.13. The highest BCUT2D eigenvalue weighted by Crippen LogP contribution is 2.33. The highest BCUT2D eigenvalue weighted by atomic mass is 79.9. The van der Waals surface area contributed by atoms with E-state index in [4.69, 9.17) is 21.1 Å². The van der Waals surface area contributed by atoms with Crippen LogP contribution in [-0.4, -0.2) is 24.2 Å². The Balaban J connectivity index is 2.58. The van der Waals surface area contributed by atoms with Gasteiger partial charge in [-0.2, -0.15) is 0 Å². The molecule has 1 aromatic heterocycles. The van der Waals surface area contributed by atoms with Crippen LogP contribution in [0.25, 0.3) is 11.4 Å². The lowest BCUT2D eigenvalue weighted by Crippen LogP contribution is -1.97. The van der Waals surface area contributed by atoms with Gasteiger partial charge in [0.25, 0.3) is 0 Å². The Morgan fingerprint density at radius 1 is 1.16 bits per heavy atom. The number of hydrogen-bond donors (Lipinski definition) is 0. The summed E-state index contributed by atoms with van der Waals surface area (Å²) in [5.41, 5.74) is 1.54. The fourth-order valence-electron chi connectivity index (χ4n) is 1.63. The van der Waals surface area contributed by atoms with Crippen LogP contribution < -0.4 is 9.47 Å². The maximum Gasteiger partial charge on any atom is 0.164 e. The molecule has 0 aliphatic heterocycles. The van der Waals surface area contributed by atoms with Crippen LogP contribution in [0.4, 0.5) is 0 Å². The Hall–Kier alpha value is -1.33. The van der Waals surface area contributed by atoms with Crippen LogP contribution in [0.15, 0.2) is 22.7 Å². The molecule has 0 amide bonds. The average molecular weight is 344 g/mol. The van der Waals surface area contributed by atoms with Crippen LogP contribution >= 0.6 is 27.5 Å². The summed E-state index contributed by atoms with van der Waals surface area (Å²) in [5.74, 6) is 1.86. The summed E-state index contributed by atoms with van der Waals surface area (Å²) < 4.78 is 11.2. The summed E-state index contributed by atoms with van der Waals surface area (Å²) in [7, 11) is 3.19. The molecule has 0 spiro atoms. The van der Waals surface area contributed by atoms with Crippen molar-refractivity contribution in [2.45, 2.75) is 6.92 Å². The Morgan fingerprint density at radius 3 is 2.47 bits per heavy atom. The molecular weight excluding hydrogens is 332 g/mol. The second-order valence-electron chi connectivity index (χ2n) is 3.80. The minimum atomic E-state index is 0.375. The van der Waals surface area contributed by atoms with Crippen molar-refractivity contribution in [1.29, 1.82) is 0 Å². The Bertz CT molecular complexity index is 597. The normalized spacial score (nSPS) is 10.4. The van der Waals surface area contributed by atoms with E-state index < -0.39 is 0 Å². The van der Waals surface area contributed by atoms with Gasteiger partial charge >= 0.3 is 0 Å². The van der Waals surface area contributed by atoms with Crippen LogP contribution in [0, 0.1) is 6.92 Å². The molecule has 1 heterocycles. The van der Waals surface area contributed by atoms with Crippen LogP contribution in [0.5, 0.6) is 11.5 Å². The largest absolute Gasteiger partial charge is 0.497 e. The molecule has 2 rings (SSSR count). The van der Waals surface area contributed by atoms with Crippen LogP contribution in [-0.2, 0) is 0 Å². The topological polar surface area (TPSA) is 44.2 Å². The van der Waals surface area contributed by atoms with E-state index in [1.54, 1.807) is 20.3 Å². The first-order valence-electron chi connectivity index (χ1n) is 5.49. The van der Waals surface area contributed by atoms with Crippen molar-refractivity contribution < 1.29 is 9.47 Å². The van der Waals surface area contributed by atoms with Crippen molar-refractivity contribution >= 4 is 27.5 Å². The van der Waals surface area contributed by atoms with Gasteiger partial charge in [-0.05, 0) is 35.0 Å². The molecular formula is C13H12BrClN2O2. The Morgan fingerprint density at radius 2 is 1.89 bits per heavy atom. The average Bonchev–Trinajstić information content (AvgIpc) is 2.43. The maximum atomic E-state index is 6.06. The molecule has 100 valence electrons. The third kappa shape index (κ3) is 2.82. The monoisotopic (exact) mass is 342 g/mol. The summed E-state index contributed by atoms with van der Waals surface area (Å²) >= 11 is 9.40. The number of benzene rings is 1. The maximum absolute atomic E-state index is 6.06. The molecule has 0 aliphatic rings. The molecule has 4 nitrogen and oxygen atoms in total. The van der Waals surface area contributed by atoms with Gasteiger partial charge in [-0.25, -0.2) is 9.97 Å². The lowest BCUT2D eigenvalue weighted by Gasteiger charge is -2.10. The van der Waals surface area contributed by atoms with E-state index in [1.165, 1.54) is 0 Å². The van der Waals surface area contributed by atoms with Gasteiger partial charge in [0.2, 0.25) is 0 Å². The van der Waals surface area contributed by atoms with Crippen LogP contribution in [0.1, 0.15) is 5.69 Å². The molecule has 2 aromatic rings. The van der Waals surface area contributed by atoms with E-state index >= 15 is 0 Å². The summed E-state index contributed by atoms with van der Waals surface area (Å²) in [6.07, 6.45) is 0. The van der Waals surface area contributed by atoms with Crippen LogP contribution in [0.3, 0.4) is 0 Å². The Kier molecular flexibility index (Phi) is 4.27. The van der Waals surface area contributed by atoms with E-state index in [0.29, 0.717) is 26.9 Å². The predicted octanol–water partition coefficient (Wildman–Crippen LogP) is 3.89. The highest BCUT2D eigenvalue weighted by molar-refractivity contribution is 9.10. The van der Waals surface area contributed by atoms with E-state index in [-0.39, 0.29) is 0 Å². The fourth-order valence-corrected chi connectivity index (χ4v) is 2.02. The van der Waals surface area contributed by atoms with Crippen molar-refractivity contribution in [1.82, 2.24) is 9.97 Å². The SMILES string of the molecule is COc1ccc(-c2nc(C)c(Br)c(Cl)n2)c(OC)c1. The molecule has 0 saturated carbocycles. The third-order valence-electron chi connectivity index (χ3n) is 2.63. The smallest absolute Gasteiger partial charge is 0.164 e. The summed E-state index contributed by atoms with van der Waals surface area (Å²) in [5, 5.41) is 0.375. The number of nitrogens with zero attached hydrogens (tertiary/aromatic N) is 2.